The van der Waals surface area contributed by atoms with Crippen LogP contribution in [0.1, 0.15) is 30.9 Å². The number of rotatable bonds is 5. The quantitative estimate of drug-likeness (QED) is 0.905. The van der Waals surface area contributed by atoms with Crippen LogP contribution in [0.4, 0.5) is 0 Å². The van der Waals surface area contributed by atoms with Crippen LogP contribution in [0.3, 0.4) is 0 Å². The molecule has 1 heterocycles. The number of nitrogens with one attached hydrogen (secondary N) is 1. The highest BCUT2D eigenvalue weighted by Gasteiger charge is 2.30. The third-order valence-electron chi connectivity index (χ3n) is 3.41. The minimum atomic E-state index is -3.33. The number of thioether (sulfide) groups is 1. The monoisotopic (exact) mass is 310 g/mol. The third-order valence-corrected chi connectivity index (χ3v) is 6.24. The Hall–Kier alpha value is -1.03. The second kappa shape index (κ2) is 6.17. The van der Waals surface area contributed by atoms with Crippen LogP contribution in [0, 0.1) is 11.3 Å². The van der Waals surface area contributed by atoms with Gasteiger partial charge in [-0.15, -0.1) is 0 Å². The van der Waals surface area contributed by atoms with Gasteiger partial charge < -0.3 is 0 Å². The Morgan fingerprint density at radius 1 is 1.40 bits per heavy atom. The topological polar surface area (TPSA) is 70.0 Å². The normalized spacial score (nSPS) is 22.6. The van der Waals surface area contributed by atoms with Crippen LogP contribution >= 0.6 is 11.8 Å². The zero-order valence-corrected chi connectivity index (χ0v) is 13.1. The van der Waals surface area contributed by atoms with Gasteiger partial charge in [-0.1, -0.05) is 12.1 Å². The summed E-state index contributed by atoms with van der Waals surface area (Å²) in [6, 6.07) is 8.66. The van der Waals surface area contributed by atoms with Gasteiger partial charge in [0, 0.05) is 11.3 Å². The maximum atomic E-state index is 12.1. The predicted molar refractivity (Wildman–Crippen MR) is 81.9 cm³/mol. The molecule has 108 valence electrons. The first kappa shape index (κ1) is 15.4. The molecule has 0 spiro atoms. The standard InChI is InChI=1S/C14H18N2O2S2/c1-14(7-2-8-19-14)11-16-20(17,18)10-13-5-3-12(9-15)4-6-13/h3-6,16H,2,7-8,10-11H2,1H3. The average Bonchev–Trinajstić information content (AvgIpc) is 2.85. The molecule has 1 aromatic rings. The second-order valence-electron chi connectivity index (χ2n) is 5.29. The molecule has 6 heteroatoms. The zero-order valence-electron chi connectivity index (χ0n) is 11.4. The van der Waals surface area contributed by atoms with Crippen molar-refractivity contribution in [3.8, 4) is 6.07 Å². The number of benzene rings is 1. The van der Waals surface area contributed by atoms with E-state index in [1.165, 1.54) is 0 Å². The lowest BCUT2D eigenvalue weighted by atomic mass is 10.1. The van der Waals surface area contributed by atoms with Crippen molar-refractivity contribution >= 4 is 21.8 Å². The van der Waals surface area contributed by atoms with E-state index in [1.807, 2.05) is 17.8 Å². The summed E-state index contributed by atoms with van der Waals surface area (Å²) < 4.78 is 26.9. The van der Waals surface area contributed by atoms with Gasteiger partial charge in [0.25, 0.3) is 0 Å². The average molecular weight is 310 g/mol. The summed E-state index contributed by atoms with van der Waals surface area (Å²) in [5.41, 5.74) is 1.23. The molecule has 2 rings (SSSR count). The predicted octanol–water partition coefficient (Wildman–Crippen LogP) is 2.26. The third kappa shape index (κ3) is 4.23. The van der Waals surface area contributed by atoms with Crippen molar-refractivity contribution in [2.75, 3.05) is 12.3 Å². The van der Waals surface area contributed by atoms with Crippen molar-refractivity contribution in [2.45, 2.75) is 30.3 Å². The molecule has 0 saturated carbocycles. The van der Waals surface area contributed by atoms with E-state index in [1.54, 1.807) is 24.3 Å². The van der Waals surface area contributed by atoms with Crippen LogP contribution in [-0.2, 0) is 15.8 Å². The lowest BCUT2D eigenvalue weighted by Crippen LogP contribution is -2.37. The van der Waals surface area contributed by atoms with E-state index >= 15 is 0 Å². The number of sulfonamides is 1. The van der Waals surface area contributed by atoms with Crippen molar-refractivity contribution < 1.29 is 8.42 Å². The van der Waals surface area contributed by atoms with Crippen LogP contribution in [0.2, 0.25) is 0 Å². The van der Waals surface area contributed by atoms with E-state index in [-0.39, 0.29) is 10.5 Å². The molecule has 20 heavy (non-hydrogen) atoms. The van der Waals surface area contributed by atoms with Gasteiger partial charge in [-0.05, 0) is 43.2 Å². The molecular formula is C14H18N2O2S2. The molecule has 1 N–H and O–H groups in total. The van der Waals surface area contributed by atoms with E-state index in [9.17, 15) is 8.42 Å². The molecule has 0 bridgehead atoms. The molecule has 1 unspecified atom stereocenters. The van der Waals surface area contributed by atoms with Crippen LogP contribution < -0.4 is 4.72 Å². The number of nitriles is 1. The Labute approximate surface area is 124 Å². The van der Waals surface area contributed by atoms with Crippen LogP contribution in [0.5, 0.6) is 0 Å². The van der Waals surface area contributed by atoms with Gasteiger partial charge in [0.15, 0.2) is 0 Å². The highest BCUT2D eigenvalue weighted by molar-refractivity contribution is 8.01. The van der Waals surface area contributed by atoms with Crippen molar-refractivity contribution in [1.29, 1.82) is 5.26 Å². The van der Waals surface area contributed by atoms with E-state index in [0.717, 1.165) is 18.6 Å². The Bertz CT molecular complexity index is 597. The number of hydrogen-bond acceptors (Lipinski definition) is 4. The summed E-state index contributed by atoms with van der Waals surface area (Å²) in [7, 11) is -3.33. The van der Waals surface area contributed by atoms with Gasteiger partial charge in [0.05, 0.1) is 17.4 Å². The molecule has 1 fully saturated rings. The van der Waals surface area contributed by atoms with E-state index in [4.69, 9.17) is 5.26 Å². The molecule has 0 aromatic heterocycles. The molecule has 1 saturated heterocycles. The Kier molecular flexibility index (Phi) is 4.74. The molecule has 1 aromatic carbocycles. The molecule has 1 aliphatic rings. The minimum Gasteiger partial charge on any atom is -0.214 e. The Morgan fingerprint density at radius 3 is 2.65 bits per heavy atom. The van der Waals surface area contributed by atoms with Crippen molar-refractivity contribution in [1.82, 2.24) is 4.72 Å². The molecule has 0 radical (unpaired) electrons. The van der Waals surface area contributed by atoms with Crippen molar-refractivity contribution in [2.24, 2.45) is 0 Å². The van der Waals surface area contributed by atoms with Gasteiger partial charge in [-0.2, -0.15) is 17.0 Å². The first-order valence-corrected chi connectivity index (χ1v) is 9.17. The van der Waals surface area contributed by atoms with E-state index in [2.05, 4.69) is 11.6 Å². The van der Waals surface area contributed by atoms with E-state index in [0.29, 0.717) is 17.7 Å². The summed E-state index contributed by atoms with van der Waals surface area (Å²) >= 11 is 1.83. The maximum Gasteiger partial charge on any atom is 0.215 e. The van der Waals surface area contributed by atoms with Gasteiger partial charge in [-0.25, -0.2) is 13.1 Å². The Balaban J connectivity index is 1.94. The summed E-state index contributed by atoms with van der Waals surface area (Å²) in [5, 5.41) is 8.71. The minimum absolute atomic E-state index is 0.0255. The van der Waals surface area contributed by atoms with Crippen LogP contribution in [0.25, 0.3) is 0 Å². The van der Waals surface area contributed by atoms with Crippen LogP contribution in [0.15, 0.2) is 24.3 Å². The number of nitrogens with zero attached hydrogens (tertiary/aromatic N) is 1. The summed E-state index contributed by atoms with van der Waals surface area (Å²) in [6.45, 7) is 2.59. The van der Waals surface area contributed by atoms with Gasteiger partial charge >= 0.3 is 0 Å². The van der Waals surface area contributed by atoms with Crippen LogP contribution in [-0.4, -0.2) is 25.5 Å². The molecular weight excluding hydrogens is 292 g/mol. The smallest absolute Gasteiger partial charge is 0.214 e. The summed E-state index contributed by atoms with van der Waals surface area (Å²) in [5.74, 6) is 1.06. The van der Waals surface area contributed by atoms with Crippen molar-refractivity contribution in [3.05, 3.63) is 35.4 Å². The fourth-order valence-corrected chi connectivity index (χ4v) is 4.79. The van der Waals surface area contributed by atoms with Gasteiger partial charge in [-0.3, -0.25) is 0 Å². The van der Waals surface area contributed by atoms with E-state index < -0.39 is 10.0 Å². The maximum absolute atomic E-state index is 12.1. The summed E-state index contributed by atoms with van der Waals surface area (Å²) in [6.07, 6.45) is 2.20. The highest BCUT2D eigenvalue weighted by Crippen LogP contribution is 2.37. The molecule has 1 aliphatic heterocycles. The number of hydrogen-bond donors (Lipinski definition) is 1. The molecule has 0 aliphatic carbocycles. The SMILES string of the molecule is CC1(CNS(=O)(=O)Cc2ccc(C#N)cc2)CCCS1. The van der Waals surface area contributed by atoms with Gasteiger partial charge in [0.1, 0.15) is 0 Å². The highest BCUT2D eigenvalue weighted by atomic mass is 32.2. The first-order chi connectivity index (χ1) is 9.42. The molecule has 1 atom stereocenters. The second-order valence-corrected chi connectivity index (χ2v) is 8.78. The largest absolute Gasteiger partial charge is 0.215 e. The lowest BCUT2D eigenvalue weighted by Gasteiger charge is -2.22. The molecule has 4 nitrogen and oxygen atoms in total. The van der Waals surface area contributed by atoms with Crippen molar-refractivity contribution in [3.63, 3.8) is 0 Å². The Morgan fingerprint density at radius 2 is 2.10 bits per heavy atom. The summed E-state index contributed by atoms with van der Waals surface area (Å²) in [4.78, 5) is 0. The zero-order chi connectivity index (χ0) is 14.6. The fraction of sp³-hybridized carbons (Fsp3) is 0.500. The lowest BCUT2D eigenvalue weighted by molar-refractivity contribution is 0.552. The fourth-order valence-electron chi connectivity index (χ4n) is 2.18. The van der Waals surface area contributed by atoms with Gasteiger partial charge in [0.2, 0.25) is 10.0 Å². The molecule has 0 amide bonds. The first-order valence-electron chi connectivity index (χ1n) is 6.53.